The van der Waals surface area contributed by atoms with Gasteiger partial charge in [0.05, 0.1) is 0 Å². The summed E-state index contributed by atoms with van der Waals surface area (Å²) >= 11 is 1.94. The van der Waals surface area contributed by atoms with Crippen LogP contribution in [-0.2, 0) is 0 Å². The van der Waals surface area contributed by atoms with Gasteiger partial charge in [0.15, 0.2) is 0 Å². The Hall–Kier alpha value is -7.26. The number of rotatable bonds is 3. The van der Waals surface area contributed by atoms with Gasteiger partial charge in [-0.05, 0) is 107 Å². The van der Waals surface area contributed by atoms with Gasteiger partial charge in [0.2, 0.25) is 0 Å². The largest absolute Gasteiger partial charge is 0.456 e. The number of furan rings is 1. The van der Waals surface area contributed by atoms with E-state index in [0.717, 1.165) is 27.5 Å². The molecule has 0 aliphatic rings. The van der Waals surface area contributed by atoms with E-state index < -0.39 is 0 Å². The minimum atomic E-state index is 0.910. The van der Waals surface area contributed by atoms with Crippen LogP contribution in [0.3, 0.4) is 0 Å². The zero-order valence-electron chi connectivity index (χ0n) is 31.3. The molecule has 1 nitrogen and oxygen atoms in total. The fourth-order valence-electron chi connectivity index (χ4n) is 9.94. The van der Waals surface area contributed by atoms with E-state index in [2.05, 4.69) is 188 Å². The Balaban J connectivity index is 1.08. The molecule has 2 heteroatoms. The van der Waals surface area contributed by atoms with Crippen LogP contribution in [0, 0.1) is 0 Å². The van der Waals surface area contributed by atoms with Gasteiger partial charge in [-0.1, -0.05) is 164 Å². The van der Waals surface area contributed by atoms with Crippen molar-refractivity contribution < 1.29 is 4.42 Å². The van der Waals surface area contributed by atoms with Crippen molar-refractivity contribution in [3.05, 3.63) is 194 Å². The summed E-state index contributed by atoms with van der Waals surface area (Å²) in [6.45, 7) is 0. The van der Waals surface area contributed by atoms with Crippen molar-refractivity contribution in [2.75, 3.05) is 0 Å². The first-order valence-electron chi connectivity index (χ1n) is 19.9. The summed E-state index contributed by atoms with van der Waals surface area (Å²) in [5, 5.41) is 17.7. The fourth-order valence-corrected chi connectivity index (χ4v) is 11.3. The Morgan fingerprint density at radius 2 is 0.793 bits per heavy atom. The van der Waals surface area contributed by atoms with Gasteiger partial charge in [-0.3, -0.25) is 0 Å². The Kier molecular flexibility index (Phi) is 6.66. The number of para-hydroxylation sites is 1. The first-order valence-corrected chi connectivity index (χ1v) is 20.7. The van der Waals surface area contributed by atoms with Gasteiger partial charge >= 0.3 is 0 Å². The van der Waals surface area contributed by atoms with E-state index in [4.69, 9.17) is 4.42 Å². The number of benzene rings is 11. The van der Waals surface area contributed by atoms with Crippen LogP contribution in [0.1, 0.15) is 0 Å². The maximum atomic E-state index is 6.41. The van der Waals surface area contributed by atoms with Crippen molar-refractivity contribution in [3.8, 4) is 33.4 Å². The Morgan fingerprint density at radius 1 is 0.293 bits per heavy atom. The lowest BCUT2D eigenvalue weighted by Crippen LogP contribution is -1.91. The lowest BCUT2D eigenvalue weighted by Gasteiger charge is -2.18. The maximum absolute atomic E-state index is 6.41. The Morgan fingerprint density at radius 3 is 1.50 bits per heavy atom. The lowest BCUT2D eigenvalue weighted by molar-refractivity contribution is 0.669. The monoisotopic (exact) mass is 752 g/mol. The smallest absolute Gasteiger partial charge is 0.136 e. The molecule has 58 heavy (non-hydrogen) atoms. The summed E-state index contributed by atoms with van der Waals surface area (Å²) in [5.41, 5.74) is 9.18. The molecule has 0 bridgehead atoms. The molecule has 0 atom stereocenters. The molecule has 13 rings (SSSR count). The molecule has 0 fully saturated rings. The van der Waals surface area contributed by atoms with Crippen molar-refractivity contribution in [2.24, 2.45) is 0 Å². The van der Waals surface area contributed by atoms with E-state index >= 15 is 0 Å². The van der Waals surface area contributed by atoms with Crippen LogP contribution >= 0.6 is 11.3 Å². The fraction of sp³-hybridized carbons (Fsp3) is 0. The van der Waals surface area contributed by atoms with Crippen LogP contribution in [-0.4, -0.2) is 0 Å². The normalized spacial score (nSPS) is 12.1. The zero-order chi connectivity index (χ0) is 37.9. The molecule has 0 aliphatic heterocycles. The van der Waals surface area contributed by atoms with Crippen LogP contribution in [0.5, 0.6) is 0 Å². The second-order valence-corrected chi connectivity index (χ2v) is 16.5. The van der Waals surface area contributed by atoms with Gasteiger partial charge in [-0.2, -0.15) is 0 Å². The van der Waals surface area contributed by atoms with E-state index in [1.807, 2.05) is 17.4 Å². The van der Waals surface area contributed by atoms with E-state index in [1.165, 1.54) is 102 Å². The molecule has 11 aromatic carbocycles. The molecule has 0 saturated heterocycles. The number of hydrogen-bond donors (Lipinski definition) is 0. The lowest BCUT2D eigenvalue weighted by atomic mass is 9.85. The minimum absolute atomic E-state index is 0.910. The first-order chi connectivity index (χ1) is 28.8. The van der Waals surface area contributed by atoms with Crippen LogP contribution in [0.2, 0.25) is 0 Å². The highest BCUT2D eigenvalue weighted by molar-refractivity contribution is 7.27. The van der Waals surface area contributed by atoms with E-state index in [-0.39, 0.29) is 0 Å². The zero-order valence-corrected chi connectivity index (χ0v) is 32.1. The first kappa shape index (κ1) is 31.9. The average Bonchev–Trinajstić information content (AvgIpc) is 3.88. The molecule has 0 N–H and O–H groups in total. The van der Waals surface area contributed by atoms with Crippen LogP contribution in [0.15, 0.2) is 199 Å². The third-order valence-electron chi connectivity index (χ3n) is 12.4. The predicted octanol–water partition coefficient (Wildman–Crippen LogP) is 16.7. The van der Waals surface area contributed by atoms with Crippen molar-refractivity contribution in [1.82, 2.24) is 0 Å². The molecular formula is C56H32OS. The second kappa shape index (κ2) is 12.1. The number of hydrogen-bond acceptors (Lipinski definition) is 2. The van der Waals surface area contributed by atoms with Crippen molar-refractivity contribution >= 4 is 107 Å². The molecule has 0 aliphatic carbocycles. The molecule has 0 unspecified atom stereocenters. The summed E-state index contributed by atoms with van der Waals surface area (Å²) in [4.78, 5) is 0. The standard InChI is InChI=1S/C56H32OS/c1-2-17-37-34(14-1)31-48(56-53(37)54-42-21-5-3-18-38(42)39-19-4-10-26-47(39)55(54)58-56)33-15-13-16-35(30-33)51-43-22-6-8-24-45(43)52(46-25-9-7-23-44(46)51)36-28-29-41-40-20-11-12-27-49(40)57-50(41)32-36/h1-32H. The highest BCUT2D eigenvalue weighted by Gasteiger charge is 2.21. The van der Waals surface area contributed by atoms with Gasteiger partial charge in [-0.25, -0.2) is 0 Å². The molecule has 0 saturated carbocycles. The molecule has 0 spiro atoms. The van der Waals surface area contributed by atoms with Crippen molar-refractivity contribution in [1.29, 1.82) is 0 Å². The average molecular weight is 753 g/mol. The SMILES string of the molecule is c1cc(-c2c3ccccc3c(-c3ccc4c(c3)oc3ccccc34)c3ccccc23)cc(-c2cc3ccccc3c3c2sc2c4ccccc4c4ccccc4c23)c1. The third kappa shape index (κ3) is 4.46. The maximum Gasteiger partial charge on any atom is 0.136 e. The van der Waals surface area contributed by atoms with Gasteiger partial charge in [-0.15, -0.1) is 11.3 Å². The molecular weight excluding hydrogens is 721 g/mol. The minimum Gasteiger partial charge on any atom is -0.456 e. The van der Waals surface area contributed by atoms with Crippen LogP contribution < -0.4 is 0 Å². The van der Waals surface area contributed by atoms with Crippen molar-refractivity contribution in [3.63, 3.8) is 0 Å². The topological polar surface area (TPSA) is 13.1 Å². The summed E-state index contributed by atoms with van der Waals surface area (Å²) in [6.07, 6.45) is 0. The summed E-state index contributed by atoms with van der Waals surface area (Å²) < 4.78 is 9.09. The van der Waals surface area contributed by atoms with Gasteiger partial charge in [0, 0.05) is 41.9 Å². The second-order valence-electron chi connectivity index (χ2n) is 15.5. The highest BCUT2D eigenvalue weighted by atomic mass is 32.1. The Labute approximate surface area is 337 Å². The van der Waals surface area contributed by atoms with Crippen molar-refractivity contribution in [2.45, 2.75) is 0 Å². The molecule has 2 aromatic heterocycles. The van der Waals surface area contributed by atoms with Gasteiger partial charge in [0.25, 0.3) is 0 Å². The van der Waals surface area contributed by atoms with E-state index in [0.29, 0.717) is 0 Å². The number of thiophene rings is 1. The van der Waals surface area contributed by atoms with Crippen LogP contribution in [0.4, 0.5) is 0 Å². The van der Waals surface area contributed by atoms with Gasteiger partial charge in [0.1, 0.15) is 11.2 Å². The third-order valence-corrected chi connectivity index (χ3v) is 13.7. The summed E-state index contributed by atoms with van der Waals surface area (Å²) in [7, 11) is 0. The predicted molar refractivity (Wildman–Crippen MR) is 250 cm³/mol. The summed E-state index contributed by atoms with van der Waals surface area (Å²) in [6, 6.07) is 71.4. The molecule has 13 aromatic rings. The molecule has 0 amide bonds. The number of fused-ring (bicyclic) bond motifs is 15. The summed E-state index contributed by atoms with van der Waals surface area (Å²) in [5.74, 6) is 0. The van der Waals surface area contributed by atoms with E-state index in [9.17, 15) is 0 Å². The molecule has 268 valence electrons. The van der Waals surface area contributed by atoms with E-state index in [1.54, 1.807) is 0 Å². The molecule has 0 radical (unpaired) electrons. The highest BCUT2D eigenvalue weighted by Crippen LogP contribution is 2.50. The van der Waals surface area contributed by atoms with Crippen LogP contribution in [0.25, 0.3) is 129 Å². The van der Waals surface area contributed by atoms with Gasteiger partial charge < -0.3 is 4.42 Å². The quantitative estimate of drug-likeness (QED) is 0.129. The Bertz CT molecular complexity index is 3810. The molecule has 2 heterocycles.